The largest absolute Gasteiger partial charge is 0.394 e. The topological polar surface area (TPSA) is 70.1 Å². The molecule has 0 saturated heterocycles. The van der Waals surface area contributed by atoms with E-state index in [1.54, 1.807) is 0 Å². The van der Waals surface area contributed by atoms with Crippen LogP contribution >= 0.6 is 11.6 Å². The Morgan fingerprint density at radius 3 is 2.39 bits per heavy atom. The number of nitrogens with one attached hydrogen (secondary N) is 2. The molecule has 0 saturated carbocycles. The summed E-state index contributed by atoms with van der Waals surface area (Å²) in [6, 6.07) is 19.5. The second-order valence-electron chi connectivity index (χ2n) is 6.95. The lowest BCUT2D eigenvalue weighted by molar-refractivity contribution is 0.248. The molecule has 0 aliphatic heterocycles. The molecule has 0 unspecified atom stereocenters. The number of halogens is 1. The summed E-state index contributed by atoms with van der Waals surface area (Å²) in [5, 5.41) is 16.9. The van der Waals surface area contributed by atoms with Crippen molar-refractivity contribution in [3.8, 4) is 11.3 Å². The SMILES string of the molecule is CC(C)[C@@H](CO)Nc1nc(NCc2ccccc2Cl)cc(-c2ccccc2)n1. The van der Waals surface area contributed by atoms with Crippen molar-refractivity contribution in [3.05, 3.63) is 71.2 Å². The van der Waals surface area contributed by atoms with Crippen LogP contribution in [0.4, 0.5) is 11.8 Å². The molecule has 0 aliphatic rings. The van der Waals surface area contributed by atoms with Crippen molar-refractivity contribution in [3.63, 3.8) is 0 Å². The zero-order valence-corrected chi connectivity index (χ0v) is 16.8. The highest BCUT2D eigenvalue weighted by atomic mass is 35.5. The molecule has 1 atom stereocenters. The first kappa shape index (κ1) is 20.1. The molecular formula is C22H25ClN4O. The van der Waals surface area contributed by atoms with Crippen LogP contribution in [0.5, 0.6) is 0 Å². The Bertz CT molecular complexity index is 902. The molecule has 0 bridgehead atoms. The van der Waals surface area contributed by atoms with Gasteiger partial charge in [-0.1, -0.05) is 74.0 Å². The molecule has 0 spiro atoms. The van der Waals surface area contributed by atoms with Crippen molar-refractivity contribution in [1.82, 2.24) is 9.97 Å². The van der Waals surface area contributed by atoms with Gasteiger partial charge in [0.05, 0.1) is 18.3 Å². The van der Waals surface area contributed by atoms with E-state index in [0.29, 0.717) is 23.3 Å². The zero-order chi connectivity index (χ0) is 19.9. The van der Waals surface area contributed by atoms with Gasteiger partial charge in [0.15, 0.2) is 0 Å². The van der Waals surface area contributed by atoms with E-state index in [-0.39, 0.29) is 18.6 Å². The van der Waals surface area contributed by atoms with Gasteiger partial charge in [0, 0.05) is 23.2 Å². The fourth-order valence-corrected chi connectivity index (χ4v) is 2.98. The Hall–Kier alpha value is -2.63. The lowest BCUT2D eigenvalue weighted by Crippen LogP contribution is -2.30. The number of hydrogen-bond acceptors (Lipinski definition) is 5. The Morgan fingerprint density at radius 2 is 1.71 bits per heavy atom. The van der Waals surface area contributed by atoms with E-state index < -0.39 is 0 Å². The van der Waals surface area contributed by atoms with Crippen molar-refractivity contribution in [2.24, 2.45) is 5.92 Å². The summed E-state index contributed by atoms with van der Waals surface area (Å²) >= 11 is 6.26. The molecule has 0 radical (unpaired) electrons. The summed E-state index contributed by atoms with van der Waals surface area (Å²) in [5.41, 5.74) is 2.80. The molecule has 2 aromatic carbocycles. The van der Waals surface area contributed by atoms with Crippen molar-refractivity contribution in [1.29, 1.82) is 0 Å². The van der Waals surface area contributed by atoms with Crippen LogP contribution in [0.2, 0.25) is 5.02 Å². The minimum atomic E-state index is -0.123. The smallest absolute Gasteiger partial charge is 0.225 e. The van der Waals surface area contributed by atoms with Crippen LogP contribution in [0, 0.1) is 5.92 Å². The molecule has 0 aliphatic carbocycles. The third kappa shape index (κ3) is 5.21. The van der Waals surface area contributed by atoms with Gasteiger partial charge in [0.25, 0.3) is 0 Å². The van der Waals surface area contributed by atoms with Gasteiger partial charge in [-0.3, -0.25) is 0 Å². The normalized spacial score (nSPS) is 12.0. The molecule has 6 heteroatoms. The fraction of sp³-hybridized carbons (Fsp3) is 0.273. The van der Waals surface area contributed by atoms with Crippen LogP contribution in [-0.2, 0) is 6.54 Å². The predicted molar refractivity (Wildman–Crippen MR) is 116 cm³/mol. The number of aromatic nitrogens is 2. The first-order chi connectivity index (χ1) is 13.6. The van der Waals surface area contributed by atoms with Crippen LogP contribution in [0.15, 0.2) is 60.7 Å². The highest BCUT2D eigenvalue weighted by molar-refractivity contribution is 6.31. The van der Waals surface area contributed by atoms with Gasteiger partial charge >= 0.3 is 0 Å². The summed E-state index contributed by atoms with van der Waals surface area (Å²) in [6.45, 7) is 4.66. The molecule has 3 N–H and O–H groups in total. The molecular weight excluding hydrogens is 372 g/mol. The number of nitrogens with zero attached hydrogens (tertiary/aromatic N) is 2. The van der Waals surface area contributed by atoms with E-state index in [1.807, 2.05) is 74.5 Å². The molecule has 3 aromatic rings. The fourth-order valence-electron chi connectivity index (χ4n) is 2.78. The average Bonchev–Trinajstić information content (AvgIpc) is 2.71. The van der Waals surface area contributed by atoms with Crippen LogP contribution < -0.4 is 10.6 Å². The Balaban J connectivity index is 1.89. The van der Waals surface area contributed by atoms with Crippen molar-refractivity contribution >= 4 is 23.4 Å². The first-order valence-electron chi connectivity index (χ1n) is 9.36. The van der Waals surface area contributed by atoms with Gasteiger partial charge in [-0.25, -0.2) is 4.98 Å². The maximum Gasteiger partial charge on any atom is 0.225 e. The molecule has 0 fully saturated rings. The number of hydrogen-bond donors (Lipinski definition) is 3. The van der Waals surface area contributed by atoms with Crippen molar-refractivity contribution < 1.29 is 5.11 Å². The minimum Gasteiger partial charge on any atom is -0.394 e. The van der Waals surface area contributed by atoms with E-state index in [0.717, 1.165) is 16.8 Å². The van der Waals surface area contributed by atoms with E-state index in [2.05, 4.69) is 20.6 Å². The van der Waals surface area contributed by atoms with Crippen LogP contribution in [0.3, 0.4) is 0 Å². The highest BCUT2D eigenvalue weighted by Crippen LogP contribution is 2.23. The maximum atomic E-state index is 9.65. The Labute approximate surface area is 170 Å². The highest BCUT2D eigenvalue weighted by Gasteiger charge is 2.15. The molecule has 1 aromatic heterocycles. The lowest BCUT2D eigenvalue weighted by atomic mass is 10.1. The number of aliphatic hydroxyl groups is 1. The molecule has 1 heterocycles. The molecule has 0 amide bonds. The molecule has 146 valence electrons. The number of anilines is 2. The summed E-state index contributed by atoms with van der Waals surface area (Å²) in [6.07, 6.45) is 0. The summed E-state index contributed by atoms with van der Waals surface area (Å²) < 4.78 is 0. The third-order valence-corrected chi connectivity index (χ3v) is 4.90. The Morgan fingerprint density at radius 1 is 1.00 bits per heavy atom. The van der Waals surface area contributed by atoms with Gasteiger partial charge in [-0.2, -0.15) is 4.98 Å². The first-order valence-corrected chi connectivity index (χ1v) is 9.74. The van der Waals surface area contributed by atoms with Gasteiger partial charge in [-0.15, -0.1) is 0 Å². The number of rotatable bonds is 8. The quantitative estimate of drug-likeness (QED) is 0.508. The maximum absolute atomic E-state index is 9.65. The van der Waals surface area contributed by atoms with Gasteiger partial charge in [0.1, 0.15) is 5.82 Å². The van der Waals surface area contributed by atoms with Crippen LogP contribution in [0.25, 0.3) is 11.3 Å². The summed E-state index contributed by atoms with van der Waals surface area (Å²) in [5.74, 6) is 1.42. The second kappa shape index (κ2) is 9.53. The minimum absolute atomic E-state index is 0.0129. The van der Waals surface area contributed by atoms with Crippen molar-refractivity contribution in [2.75, 3.05) is 17.2 Å². The monoisotopic (exact) mass is 396 g/mol. The van der Waals surface area contributed by atoms with E-state index in [1.165, 1.54) is 0 Å². The standard InChI is InChI=1S/C22H25ClN4O/c1-15(2)20(14-28)26-22-25-19(16-8-4-3-5-9-16)12-21(27-22)24-13-17-10-6-7-11-18(17)23/h3-12,15,20,28H,13-14H2,1-2H3,(H2,24,25,26,27)/t20-/m1/s1. The predicted octanol–water partition coefficient (Wildman–Crippen LogP) is 4.84. The summed E-state index contributed by atoms with van der Waals surface area (Å²) in [4.78, 5) is 9.23. The second-order valence-corrected chi connectivity index (χ2v) is 7.36. The van der Waals surface area contributed by atoms with Crippen molar-refractivity contribution in [2.45, 2.75) is 26.4 Å². The van der Waals surface area contributed by atoms with E-state index >= 15 is 0 Å². The zero-order valence-electron chi connectivity index (χ0n) is 16.1. The number of aliphatic hydroxyl groups excluding tert-OH is 1. The Kier molecular flexibility index (Phi) is 6.85. The van der Waals surface area contributed by atoms with Crippen LogP contribution in [-0.4, -0.2) is 27.7 Å². The lowest BCUT2D eigenvalue weighted by Gasteiger charge is -2.20. The third-order valence-electron chi connectivity index (χ3n) is 4.53. The molecule has 5 nitrogen and oxygen atoms in total. The van der Waals surface area contributed by atoms with Gasteiger partial charge < -0.3 is 15.7 Å². The molecule has 28 heavy (non-hydrogen) atoms. The molecule has 3 rings (SSSR count). The average molecular weight is 397 g/mol. The number of benzene rings is 2. The van der Waals surface area contributed by atoms with Gasteiger partial charge in [0.2, 0.25) is 5.95 Å². The van der Waals surface area contributed by atoms with Gasteiger partial charge in [-0.05, 0) is 17.5 Å². The van der Waals surface area contributed by atoms with Crippen LogP contribution in [0.1, 0.15) is 19.4 Å². The summed E-state index contributed by atoms with van der Waals surface area (Å²) in [7, 11) is 0. The van der Waals surface area contributed by atoms with E-state index in [9.17, 15) is 5.11 Å². The van der Waals surface area contributed by atoms with E-state index in [4.69, 9.17) is 11.6 Å².